The Labute approximate surface area is 149 Å². The summed E-state index contributed by atoms with van der Waals surface area (Å²) >= 11 is 0. The fourth-order valence-corrected chi connectivity index (χ4v) is 4.30. The molecule has 0 atom stereocenters. The number of nitrogens with zero attached hydrogens (tertiary/aromatic N) is 3. The van der Waals surface area contributed by atoms with Crippen LogP contribution in [-0.4, -0.2) is 31.5 Å². The molecule has 134 valence electrons. The van der Waals surface area contributed by atoms with Gasteiger partial charge in [-0.15, -0.1) is 0 Å². The van der Waals surface area contributed by atoms with E-state index >= 15 is 0 Å². The molecule has 3 rings (SSSR count). The maximum atomic E-state index is 12.6. The number of nitrogens with one attached hydrogen (secondary N) is 1. The lowest BCUT2D eigenvalue weighted by atomic mass is 10.1. The maximum absolute atomic E-state index is 12.6. The minimum absolute atomic E-state index is 0.152. The van der Waals surface area contributed by atoms with Gasteiger partial charge in [-0.05, 0) is 50.8 Å². The van der Waals surface area contributed by atoms with Crippen LogP contribution in [0.5, 0.6) is 0 Å². The third-order valence-electron chi connectivity index (χ3n) is 4.40. The minimum atomic E-state index is -3.57. The van der Waals surface area contributed by atoms with Gasteiger partial charge in [-0.2, -0.15) is 0 Å². The van der Waals surface area contributed by atoms with E-state index in [1.807, 2.05) is 13.0 Å². The lowest BCUT2D eigenvalue weighted by Gasteiger charge is -2.26. The number of rotatable bonds is 5. The number of piperidine rings is 1. The Hall–Kier alpha value is -1.99. The van der Waals surface area contributed by atoms with Crippen molar-refractivity contribution >= 4 is 16.0 Å². The predicted molar refractivity (Wildman–Crippen MR) is 98.0 cm³/mol. The SMILES string of the molecule is Cc1ccc(S(=O)(=O)NCc2ccnc(N3CCCCC3)n2)c(C)c1. The van der Waals surface area contributed by atoms with Gasteiger partial charge < -0.3 is 4.90 Å². The van der Waals surface area contributed by atoms with Crippen molar-refractivity contribution in [3.05, 3.63) is 47.3 Å². The fraction of sp³-hybridized carbons (Fsp3) is 0.444. The number of sulfonamides is 1. The second kappa shape index (κ2) is 7.49. The molecule has 0 bridgehead atoms. The minimum Gasteiger partial charge on any atom is -0.341 e. The number of hydrogen-bond donors (Lipinski definition) is 1. The Bertz CT molecular complexity index is 846. The summed E-state index contributed by atoms with van der Waals surface area (Å²) in [5.74, 6) is 0.683. The van der Waals surface area contributed by atoms with Crippen LogP contribution < -0.4 is 9.62 Å². The van der Waals surface area contributed by atoms with E-state index in [0.717, 1.165) is 37.1 Å². The highest BCUT2D eigenvalue weighted by Crippen LogP contribution is 2.18. The molecule has 2 heterocycles. The van der Waals surface area contributed by atoms with E-state index in [-0.39, 0.29) is 6.54 Å². The zero-order valence-corrected chi connectivity index (χ0v) is 15.5. The zero-order chi connectivity index (χ0) is 17.9. The molecule has 1 saturated heterocycles. The second-order valence-corrected chi connectivity index (χ2v) is 8.22. The molecule has 0 spiro atoms. The largest absolute Gasteiger partial charge is 0.341 e. The summed E-state index contributed by atoms with van der Waals surface area (Å²) in [5, 5.41) is 0. The van der Waals surface area contributed by atoms with Crippen LogP contribution in [0, 0.1) is 13.8 Å². The summed E-state index contributed by atoms with van der Waals surface area (Å²) in [5.41, 5.74) is 2.45. The third kappa shape index (κ3) is 4.35. The highest BCUT2D eigenvalue weighted by Gasteiger charge is 2.18. The van der Waals surface area contributed by atoms with E-state index < -0.39 is 10.0 Å². The molecule has 1 aromatic carbocycles. The fourth-order valence-electron chi connectivity index (χ4n) is 3.08. The molecule has 1 aliphatic rings. The number of aromatic nitrogens is 2. The third-order valence-corrected chi connectivity index (χ3v) is 5.96. The number of hydrogen-bond acceptors (Lipinski definition) is 5. The predicted octanol–water partition coefficient (Wildman–Crippen LogP) is 2.56. The average Bonchev–Trinajstić information content (AvgIpc) is 2.61. The Morgan fingerprint density at radius 3 is 2.60 bits per heavy atom. The summed E-state index contributed by atoms with van der Waals surface area (Å²) in [6.07, 6.45) is 5.23. The maximum Gasteiger partial charge on any atom is 0.241 e. The van der Waals surface area contributed by atoms with Crippen LogP contribution in [-0.2, 0) is 16.6 Å². The molecule has 0 aliphatic carbocycles. The molecule has 6 nitrogen and oxygen atoms in total. The summed E-state index contributed by atoms with van der Waals surface area (Å²) in [7, 11) is -3.57. The Morgan fingerprint density at radius 2 is 1.88 bits per heavy atom. The normalized spacial score (nSPS) is 15.4. The molecule has 1 N–H and O–H groups in total. The van der Waals surface area contributed by atoms with Gasteiger partial charge in [0.15, 0.2) is 0 Å². The lowest BCUT2D eigenvalue weighted by Crippen LogP contribution is -2.31. The van der Waals surface area contributed by atoms with Gasteiger partial charge in [0.25, 0.3) is 0 Å². The quantitative estimate of drug-likeness (QED) is 0.887. The first-order valence-electron chi connectivity index (χ1n) is 8.59. The average molecular weight is 360 g/mol. The highest BCUT2D eigenvalue weighted by molar-refractivity contribution is 7.89. The molecule has 1 aromatic heterocycles. The smallest absolute Gasteiger partial charge is 0.241 e. The van der Waals surface area contributed by atoms with Crippen LogP contribution in [0.1, 0.15) is 36.1 Å². The van der Waals surface area contributed by atoms with Gasteiger partial charge in [-0.25, -0.2) is 23.1 Å². The van der Waals surface area contributed by atoms with Crippen molar-refractivity contribution in [3.63, 3.8) is 0 Å². The number of anilines is 1. The second-order valence-electron chi connectivity index (χ2n) is 6.49. The van der Waals surface area contributed by atoms with E-state index in [2.05, 4.69) is 19.6 Å². The highest BCUT2D eigenvalue weighted by atomic mass is 32.2. The van der Waals surface area contributed by atoms with Crippen LogP contribution >= 0.6 is 0 Å². The van der Waals surface area contributed by atoms with Gasteiger partial charge >= 0.3 is 0 Å². The molecule has 0 saturated carbocycles. The first-order chi connectivity index (χ1) is 12.0. The van der Waals surface area contributed by atoms with E-state index in [1.165, 1.54) is 6.42 Å². The van der Waals surface area contributed by atoms with Crippen LogP contribution in [0.3, 0.4) is 0 Å². The monoisotopic (exact) mass is 360 g/mol. The van der Waals surface area contributed by atoms with Crippen molar-refractivity contribution in [2.45, 2.75) is 44.6 Å². The molecule has 25 heavy (non-hydrogen) atoms. The molecule has 1 fully saturated rings. The molecule has 2 aromatic rings. The van der Waals surface area contributed by atoms with E-state index in [0.29, 0.717) is 16.5 Å². The molecule has 0 unspecified atom stereocenters. The van der Waals surface area contributed by atoms with Gasteiger partial charge in [0.1, 0.15) is 0 Å². The van der Waals surface area contributed by atoms with Gasteiger partial charge in [-0.3, -0.25) is 0 Å². The molecule has 1 aliphatic heterocycles. The van der Waals surface area contributed by atoms with Crippen molar-refractivity contribution < 1.29 is 8.42 Å². The van der Waals surface area contributed by atoms with Crippen LogP contribution in [0.15, 0.2) is 35.4 Å². The molecule has 7 heteroatoms. The lowest BCUT2D eigenvalue weighted by molar-refractivity contribution is 0.565. The summed E-state index contributed by atoms with van der Waals surface area (Å²) in [4.78, 5) is 11.3. The van der Waals surface area contributed by atoms with Crippen molar-refractivity contribution in [2.75, 3.05) is 18.0 Å². The molecule has 0 radical (unpaired) electrons. The first kappa shape index (κ1) is 17.8. The van der Waals surface area contributed by atoms with Crippen LogP contribution in [0.4, 0.5) is 5.95 Å². The van der Waals surface area contributed by atoms with Crippen LogP contribution in [0.25, 0.3) is 0 Å². The van der Waals surface area contributed by atoms with Crippen molar-refractivity contribution in [1.82, 2.24) is 14.7 Å². The van der Waals surface area contributed by atoms with Crippen molar-refractivity contribution in [1.29, 1.82) is 0 Å². The van der Waals surface area contributed by atoms with E-state index in [1.54, 1.807) is 31.3 Å². The van der Waals surface area contributed by atoms with Crippen LogP contribution in [0.2, 0.25) is 0 Å². The molecule has 0 amide bonds. The Balaban J connectivity index is 1.72. The van der Waals surface area contributed by atoms with Crippen molar-refractivity contribution in [2.24, 2.45) is 0 Å². The summed E-state index contributed by atoms with van der Waals surface area (Å²) in [6, 6.07) is 7.07. The topological polar surface area (TPSA) is 75.2 Å². The first-order valence-corrected chi connectivity index (χ1v) is 10.1. The van der Waals surface area contributed by atoms with Gasteiger partial charge in [0.05, 0.1) is 17.1 Å². The van der Waals surface area contributed by atoms with Gasteiger partial charge in [-0.1, -0.05) is 17.7 Å². The Kier molecular flexibility index (Phi) is 5.34. The summed E-state index contributed by atoms with van der Waals surface area (Å²) < 4.78 is 27.8. The van der Waals surface area contributed by atoms with E-state index in [4.69, 9.17) is 0 Å². The van der Waals surface area contributed by atoms with Gasteiger partial charge in [0, 0.05) is 19.3 Å². The van der Waals surface area contributed by atoms with Crippen molar-refractivity contribution in [3.8, 4) is 0 Å². The zero-order valence-electron chi connectivity index (χ0n) is 14.7. The molecular weight excluding hydrogens is 336 g/mol. The Morgan fingerprint density at radius 1 is 1.12 bits per heavy atom. The molecular formula is C18H24N4O2S. The standard InChI is InChI=1S/C18H24N4O2S/c1-14-6-7-17(15(2)12-14)25(23,24)20-13-16-8-9-19-18(21-16)22-10-4-3-5-11-22/h6-9,12,20H,3-5,10-11,13H2,1-2H3. The number of benzene rings is 1. The number of aryl methyl sites for hydroxylation is 2. The summed E-state index contributed by atoms with van der Waals surface area (Å²) in [6.45, 7) is 5.81. The van der Waals surface area contributed by atoms with E-state index in [9.17, 15) is 8.42 Å². The van der Waals surface area contributed by atoms with Gasteiger partial charge in [0.2, 0.25) is 16.0 Å².